The van der Waals surface area contributed by atoms with Crippen molar-refractivity contribution in [2.45, 2.75) is 57.8 Å². The van der Waals surface area contributed by atoms with Crippen molar-refractivity contribution in [1.29, 1.82) is 0 Å². The van der Waals surface area contributed by atoms with Crippen molar-refractivity contribution in [3.63, 3.8) is 0 Å². The molecule has 1 aromatic heterocycles. The number of rotatable bonds is 5. The van der Waals surface area contributed by atoms with Gasteiger partial charge in [-0.25, -0.2) is 4.39 Å². The zero-order chi connectivity index (χ0) is 22.1. The summed E-state index contributed by atoms with van der Waals surface area (Å²) in [6.45, 7) is 3.91. The van der Waals surface area contributed by atoms with Crippen molar-refractivity contribution in [2.24, 2.45) is 0 Å². The molecule has 0 aliphatic carbocycles. The lowest BCUT2D eigenvalue weighted by Gasteiger charge is -2.28. The maximum atomic E-state index is 13.6. The van der Waals surface area contributed by atoms with Crippen LogP contribution in [0.4, 0.5) is 4.39 Å². The van der Waals surface area contributed by atoms with Crippen molar-refractivity contribution in [1.82, 2.24) is 4.57 Å². The lowest BCUT2D eigenvalue weighted by molar-refractivity contribution is -0.160. The molecule has 5 nitrogen and oxygen atoms in total. The number of carbonyl (C=O) groups excluding carboxylic acids is 1. The molecule has 2 heterocycles. The Balaban J connectivity index is 1.88. The molecule has 31 heavy (non-hydrogen) atoms. The first-order valence-corrected chi connectivity index (χ1v) is 10.6. The Morgan fingerprint density at radius 3 is 2.42 bits per heavy atom. The Morgan fingerprint density at radius 2 is 1.77 bits per heavy atom. The molecule has 3 aromatic rings. The molecule has 1 aliphatic heterocycles. The second kappa shape index (κ2) is 8.63. The molecule has 2 atom stereocenters. The Kier molecular flexibility index (Phi) is 5.92. The highest BCUT2D eigenvalue weighted by Crippen LogP contribution is 2.33. The Hall–Kier alpha value is -2.99. The van der Waals surface area contributed by atoms with Crippen LogP contribution in [0, 0.1) is 5.82 Å². The van der Waals surface area contributed by atoms with Gasteiger partial charge in [-0.2, -0.15) is 0 Å². The predicted molar refractivity (Wildman–Crippen MR) is 117 cm³/mol. The fourth-order valence-corrected chi connectivity index (χ4v) is 4.48. The maximum Gasteiger partial charge on any atom is 0.308 e. The summed E-state index contributed by atoms with van der Waals surface area (Å²) in [6, 6.07) is 13.6. The molecule has 1 aliphatic rings. The van der Waals surface area contributed by atoms with Crippen LogP contribution in [0.2, 0.25) is 0 Å². The topological polar surface area (TPSA) is 68.5 Å². The van der Waals surface area contributed by atoms with Crippen LogP contribution < -0.4 is 5.56 Å². The molecule has 2 aromatic carbocycles. The molecular weight excluding hydrogens is 397 g/mol. The minimum Gasteiger partial charge on any atom is -0.462 e. The number of fused-ring (bicyclic) bond motifs is 1. The normalized spacial score (nSPS) is 19.1. The van der Waals surface area contributed by atoms with Gasteiger partial charge in [0, 0.05) is 29.1 Å². The standard InChI is InChI=1S/C25H26FNO4/c1-15(2)27-22(12-11-19-13-18(28)14-23(29)31-19)24(16-7-9-17(26)10-8-16)20-5-3-4-6-21(20)25(27)30/h3-10,15,18-19,28H,11-14H2,1-2H3/t18-,19-/m1/s1. The van der Waals surface area contributed by atoms with Crippen LogP contribution in [0.1, 0.15) is 44.8 Å². The molecule has 1 fully saturated rings. The molecule has 1 N–H and O–H groups in total. The molecule has 6 heteroatoms. The third-order valence-electron chi connectivity index (χ3n) is 5.81. The van der Waals surface area contributed by atoms with E-state index in [4.69, 9.17) is 4.74 Å². The van der Waals surface area contributed by atoms with E-state index >= 15 is 0 Å². The number of cyclic esters (lactones) is 1. The van der Waals surface area contributed by atoms with Gasteiger partial charge in [-0.3, -0.25) is 9.59 Å². The molecular formula is C25H26FNO4. The van der Waals surface area contributed by atoms with Crippen LogP contribution in [0.25, 0.3) is 21.9 Å². The van der Waals surface area contributed by atoms with Crippen molar-refractivity contribution >= 4 is 16.7 Å². The summed E-state index contributed by atoms with van der Waals surface area (Å²) >= 11 is 0. The van der Waals surface area contributed by atoms with E-state index in [1.165, 1.54) is 12.1 Å². The fraction of sp³-hybridized carbons (Fsp3) is 0.360. The zero-order valence-electron chi connectivity index (χ0n) is 17.7. The first-order chi connectivity index (χ1) is 14.8. The Labute approximate surface area is 180 Å². The van der Waals surface area contributed by atoms with E-state index in [-0.39, 0.29) is 23.8 Å². The average molecular weight is 423 g/mol. The predicted octanol–water partition coefficient (Wildman–Crippen LogP) is 4.39. The second-order valence-electron chi connectivity index (χ2n) is 8.39. The van der Waals surface area contributed by atoms with E-state index in [0.717, 1.165) is 22.2 Å². The highest BCUT2D eigenvalue weighted by molar-refractivity contribution is 5.97. The van der Waals surface area contributed by atoms with Crippen LogP contribution in [0.3, 0.4) is 0 Å². The van der Waals surface area contributed by atoms with Gasteiger partial charge in [0.05, 0.1) is 12.5 Å². The van der Waals surface area contributed by atoms with E-state index in [1.807, 2.05) is 38.1 Å². The van der Waals surface area contributed by atoms with E-state index in [1.54, 1.807) is 16.7 Å². The monoisotopic (exact) mass is 423 g/mol. The number of hydrogen-bond donors (Lipinski definition) is 1. The van der Waals surface area contributed by atoms with Gasteiger partial charge in [0.25, 0.3) is 5.56 Å². The number of aliphatic hydroxyl groups excluding tert-OH is 1. The molecule has 0 saturated carbocycles. The van der Waals surface area contributed by atoms with Gasteiger partial charge < -0.3 is 14.4 Å². The highest BCUT2D eigenvalue weighted by Gasteiger charge is 2.28. The number of esters is 1. The third kappa shape index (κ3) is 4.26. The first-order valence-electron chi connectivity index (χ1n) is 10.6. The zero-order valence-corrected chi connectivity index (χ0v) is 17.7. The van der Waals surface area contributed by atoms with Crippen molar-refractivity contribution in [3.8, 4) is 11.1 Å². The molecule has 162 valence electrons. The minimum absolute atomic E-state index is 0.0179. The number of benzene rings is 2. The number of carbonyl (C=O) groups is 1. The van der Waals surface area contributed by atoms with Gasteiger partial charge in [0.15, 0.2) is 0 Å². The smallest absolute Gasteiger partial charge is 0.308 e. The number of halogens is 1. The van der Waals surface area contributed by atoms with Crippen LogP contribution in [-0.4, -0.2) is 27.9 Å². The second-order valence-corrected chi connectivity index (χ2v) is 8.39. The summed E-state index contributed by atoms with van der Waals surface area (Å²) in [4.78, 5) is 25.1. The molecule has 1 saturated heterocycles. The maximum absolute atomic E-state index is 13.6. The molecule has 0 bridgehead atoms. The van der Waals surface area contributed by atoms with Gasteiger partial charge in [-0.15, -0.1) is 0 Å². The number of pyridine rings is 1. The average Bonchev–Trinajstić information content (AvgIpc) is 2.72. The summed E-state index contributed by atoms with van der Waals surface area (Å²) in [5.41, 5.74) is 2.45. The fourth-order valence-electron chi connectivity index (χ4n) is 4.48. The van der Waals surface area contributed by atoms with Crippen molar-refractivity contribution < 1.29 is 19.0 Å². The van der Waals surface area contributed by atoms with Gasteiger partial charge in [0.2, 0.25) is 0 Å². The third-order valence-corrected chi connectivity index (χ3v) is 5.81. The lowest BCUT2D eigenvalue weighted by Crippen LogP contribution is -2.33. The van der Waals surface area contributed by atoms with Gasteiger partial charge in [-0.1, -0.05) is 30.3 Å². The molecule has 0 amide bonds. The molecule has 0 spiro atoms. The summed E-state index contributed by atoms with van der Waals surface area (Å²) in [7, 11) is 0. The number of nitrogens with zero attached hydrogens (tertiary/aromatic N) is 1. The van der Waals surface area contributed by atoms with Gasteiger partial charge in [-0.05, 0) is 55.8 Å². The van der Waals surface area contributed by atoms with Crippen molar-refractivity contribution in [2.75, 3.05) is 0 Å². The summed E-state index contributed by atoms with van der Waals surface area (Å²) < 4.78 is 20.8. The summed E-state index contributed by atoms with van der Waals surface area (Å²) in [5.74, 6) is -0.725. The largest absolute Gasteiger partial charge is 0.462 e. The molecule has 0 unspecified atom stereocenters. The van der Waals surface area contributed by atoms with E-state index in [0.29, 0.717) is 24.6 Å². The first kappa shape index (κ1) is 21.2. The molecule has 4 rings (SSSR count). The number of aromatic nitrogens is 1. The van der Waals surface area contributed by atoms with Gasteiger partial charge in [0.1, 0.15) is 11.9 Å². The van der Waals surface area contributed by atoms with E-state index < -0.39 is 18.2 Å². The quantitative estimate of drug-likeness (QED) is 0.618. The summed E-state index contributed by atoms with van der Waals surface area (Å²) in [6.07, 6.45) is 0.268. The van der Waals surface area contributed by atoms with Gasteiger partial charge >= 0.3 is 5.97 Å². The molecule has 0 radical (unpaired) electrons. The highest BCUT2D eigenvalue weighted by atomic mass is 19.1. The number of ether oxygens (including phenoxy) is 1. The van der Waals surface area contributed by atoms with Crippen LogP contribution in [0.5, 0.6) is 0 Å². The lowest BCUT2D eigenvalue weighted by atomic mass is 9.92. The number of hydrogen-bond acceptors (Lipinski definition) is 4. The number of aliphatic hydroxyl groups is 1. The van der Waals surface area contributed by atoms with Crippen LogP contribution in [-0.2, 0) is 16.0 Å². The minimum atomic E-state index is -0.702. The Morgan fingerprint density at radius 1 is 1.10 bits per heavy atom. The summed E-state index contributed by atoms with van der Waals surface area (Å²) in [5, 5.41) is 11.4. The van der Waals surface area contributed by atoms with E-state index in [9.17, 15) is 19.1 Å². The van der Waals surface area contributed by atoms with Crippen LogP contribution in [0.15, 0.2) is 53.3 Å². The van der Waals surface area contributed by atoms with Crippen molar-refractivity contribution in [3.05, 3.63) is 70.4 Å². The SMILES string of the molecule is CC(C)n1c(CC[C@@H]2C[C@@H](O)CC(=O)O2)c(-c2ccc(F)cc2)c2ccccc2c1=O. The van der Waals surface area contributed by atoms with E-state index in [2.05, 4.69) is 0 Å². The Bertz CT molecular complexity index is 1170. The van der Waals surface area contributed by atoms with Crippen LogP contribution >= 0.6 is 0 Å².